The van der Waals surface area contributed by atoms with Crippen LogP contribution < -0.4 is 16.4 Å². The molecule has 1 atom stereocenters. The second kappa shape index (κ2) is 16.8. The first-order chi connectivity index (χ1) is 22.1. The summed E-state index contributed by atoms with van der Waals surface area (Å²) in [6.45, 7) is 1.73. The minimum absolute atomic E-state index is 0.0192. The Labute approximate surface area is 273 Å². The van der Waals surface area contributed by atoms with Gasteiger partial charge in [0.15, 0.2) is 5.96 Å². The molecule has 3 rings (SSSR count). The molecule has 1 aliphatic rings. The fourth-order valence-corrected chi connectivity index (χ4v) is 5.59. The van der Waals surface area contributed by atoms with Gasteiger partial charge in [-0.1, -0.05) is 50.3 Å². The number of amides is 2. The van der Waals surface area contributed by atoms with Crippen LogP contribution in [-0.2, 0) is 37.0 Å². The average Bonchev–Trinajstić information content (AvgIpc) is 2.97. The molecule has 266 valence electrons. The lowest BCUT2D eigenvalue weighted by atomic mass is 9.84. The molecule has 0 unspecified atom stereocenters. The van der Waals surface area contributed by atoms with Gasteiger partial charge in [-0.2, -0.15) is 26.3 Å². The van der Waals surface area contributed by atoms with Gasteiger partial charge < -0.3 is 16.2 Å². The summed E-state index contributed by atoms with van der Waals surface area (Å²) in [4.78, 5) is 39.1. The van der Waals surface area contributed by atoms with Crippen LogP contribution in [0.4, 0.5) is 32.0 Å². The van der Waals surface area contributed by atoms with Gasteiger partial charge >= 0.3 is 18.3 Å². The molecular weight excluding hydrogens is 672 g/mol. The molecule has 2 aromatic rings. The van der Waals surface area contributed by atoms with Gasteiger partial charge in [0.25, 0.3) is 0 Å². The van der Waals surface area contributed by atoms with Crippen LogP contribution in [0.5, 0.6) is 0 Å². The number of carboxylic acids is 1. The van der Waals surface area contributed by atoms with Crippen molar-refractivity contribution in [3.05, 3.63) is 59.2 Å². The van der Waals surface area contributed by atoms with Crippen molar-refractivity contribution in [1.82, 2.24) is 9.62 Å². The Hall–Kier alpha value is -4.19. The average molecular weight is 710 g/mol. The van der Waals surface area contributed by atoms with Gasteiger partial charge in [-0.05, 0) is 54.7 Å². The number of carbonyl (C=O) groups excluding carboxylic acids is 2. The molecule has 48 heavy (non-hydrogen) atoms. The van der Waals surface area contributed by atoms with E-state index in [1.807, 2.05) is 0 Å². The third-order valence-electron chi connectivity index (χ3n) is 7.28. The van der Waals surface area contributed by atoms with Crippen molar-refractivity contribution in [1.29, 1.82) is 0 Å². The van der Waals surface area contributed by atoms with Crippen molar-refractivity contribution in [3.63, 3.8) is 0 Å². The maximum absolute atomic E-state index is 13.4. The zero-order valence-electron chi connectivity index (χ0n) is 26.3. The zero-order valence-corrected chi connectivity index (χ0v) is 27.1. The summed E-state index contributed by atoms with van der Waals surface area (Å²) in [6.07, 6.45) is -4.38. The van der Waals surface area contributed by atoms with E-state index in [2.05, 4.69) is 15.6 Å². The van der Waals surface area contributed by atoms with Crippen LogP contribution in [0.25, 0.3) is 0 Å². The van der Waals surface area contributed by atoms with Crippen LogP contribution in [-0.4, -0.2) is 67.9 Å². The molecule has 0 heterocycles. The fraction of sp³-hybridized carbons (Fsp3) is 0.467. The highest BCUT2D eigenvalue weighted by atomic mass is 32.2. The first-order valence-corrected chi connectivity index (χ1v) is 16.0. The number of rotatable bonds is 9. The number of aryl methyl sites for hydroxylation is 1. The number of halogens is 6. The van der Waals surface area contributed by atoms with Crippen molar-refractivity contribution in [2.24, 2.45) is 16.6 Å². The Morgan fingerprint density at radius 1 is 1.00 bits per heavy atom. The van der Waals surface area contributed by atoms with Gasteiger partial charge in [-0.25, -0.2) is 22.5 Å². The van der Waals surface area contributed by atoms with Crippen LogP contribution in [0.1, 0.15) is 55.2 Å². The van der Waals surface area contributed by atoms with Gasteiger partial charge in [0.05, 0.1) is 16.9 Å². The maximum Gasteiger partial charge on any atom is 0.490 e. The number of carbonyl (C=O) groups is 3. The Balaban J connectivity index is 0.00000103. The number of guanidine groups is 1. The second-order valence-electron chi connectivity index (χ2n) is 11.2. The molecular formula is C30H37F6N5O6S. The van der Waals surface area contributed by atoms with E-state index in [1.165, 1.54) is 38.4 Å². The first kappa shape index (κ1) is 40.0. The number of aliphatic carboxylic acids is 1. The number of hydrogen-bond donors (Lipinski definition) is 4. The summed E-state index contributed by atoms with van der Waals surface area (Å²) in [5.74, 6) is -3.93. The van der Waals surface area contributed by atoms with Gasteiger partial charge in [-0.3, -0.25) is 14.9 Å². The van der Waals surface area contributed by atoms with Crippen LogP contribution >= 0.6 is 0 Å². The number of aliphatic imine (C=N–C) groups is 1. The molecule has 0 radical (unpaired) electrons. The van der Waals surface area contributed by atoms with Crippen molar-refractivity contribution < 1.29 is 54.3 Å². The van der Waals surface area contributed by atoms with Crippen molar-refractivity contribution in [3.8, 4) is 0 Å². The van der Waals surface area contributed by atoms with E-state index < -0.39 is 51.8 Å². The monoisotopic (exact) mass is 709 g/mol. The number of nitrogens with two attached hydrogens (primary N) is 1. The number of nitrogens with one attached hydrogen (secondary N) is 2. The van der Waals surface area contributed by atoms with Gasteiger partial charge in [0.1, 0.15) is 6.04 Å². The predicted octanol–water partition coefficient (Wildman–Crippen LogP) is 4.85. The quantitative estimate of drug-likeness (QED) is 0.164. The summed E-state index contributed by atoms with van der Waals surface area (Å²) in [5, 5.41) is 12.3. The van der Waals surface area contributed by atoms with Crippen molar-refractivity contribution in [2.75, 3.05) is 19.4 Å². The van der Waals surface area contributed by atoms with E-state index in [0.29, 0.717) is 23.2 Å². The largest absolute Gasteiger partial charge is 0.490 e. The lowest BCUT2D eigenvalue weighted by Crippen LogP contribution is -2.40. The molecule has 2 amide bonds. The Morgan fingerprint density at radius 2 is 1.56 bits per heavy atom. The molecule has 0 bridgehead atoms. The molecule has 5 N–H and O–H groups in total. The van der Waals surface area contributed by atoms with E-state index >= 15 is 0 Å². The van der Waals surface area contributed by atoms with Crippen LogP contribution in [0.2, 0.25) is 0 Å². The minimum Gasteiger partial charge on any atom is -0.475 e. The first-order valence-electron chi connectivity index (χ1n) is 14.5. The van der Waals surface area contributed by atoms with Crippen molar-refractivity contribution in [2.45, 2.75) is 75.2 Å². The summed E-state index contributed by atoms with van der Waals surface area (Å²) in [6, 6.07) is 7.70. The maximum atomic E-state index is 13.4. The number of carboxylic acid groups (broad SMARTS) is 1. The predicted molar refractivity (Wildman–Crippen MR) is 164 cm³/mol. The normalized spacial score (nSPS) is 15.2. The van der Waals surface area contributed by atoms with Gasteiger partial charge in [0, 0.05) is 19.8 Å². The van der Waals surface area contributed by atoms with E-state index in [1.54, 1.807) is 13.0 Å². The van der Waals surface area contributed by atoms with Gasteiger partial charge in [0.2, 0.25) is 21.8 Å². The van der Waals surface area contributed by atoms with Crippen LogP contribution in [0.15, 0.2) is 52.4 Å². The Bertz CT molecular complexity index is 1570. The lowest BCUT2D eigenvalue weighted by Gasteiger charge is -2.25. The third kappa shape index (κ3) is 12.4. The summed E-state index contributed by atoms with van der Waals surface area (Å²) >= 11 is 0. The number of benzene rings is 2. The number of sulfonamides is 1. The standard InChI is InChI=1S/C28H36F3N5O4S.C2HF3O2/c1-18-9-14-22(41(39,40)36(2)3)17-23(18)33-26(38)24(15-19-7-5-4-6-8-19)34-27(32)35-25(37)16-20-10-12-21(13-11-20)28(29,30)31;3-2(4,5)1(6)7/h9-14,17,19,24H,4-8,15-16H2,1-3H3,(H,33,38)(H3,32,34,35,37);(H,6,7)/t24-;/m1./s1. The third-order valence-corrected chi connectivity index (χ3v) is 9.09. The van der Waals surface area contributed by atoms with E-state index in [0.717, 1.165) is 48.5 Å². The molecule has 2 aromatic carbocycles. The molecule has 0 aromatic heterocycles. The number of anilines is 1. The topological polar surface area (TPSA) is 171 Å². The SMILES string of the molecule is Cc1ccc(S(=O)(=O)N(C)C)cc1NC(=O)[C@@H](CC1CCCCC1)N=C(N)NC(=O)Cc1ccc(C(F)(F)F)cc1.O=C(O)C(F)(F)F. The number of alkyl halides is 6. The van der Waals surface area contributed by atoms with Crippen LogP contribution in [0.3, 0.4) is 0 Å². The smallest absolute Gasteiger partial charge is 0.475 e. The molecule has 0 spiro atoms. The number of nitrogens with zero attached hydrogens (tertiary/aromatic N) is 2. The van der Waals surface area contributed by atoms with E-state index in [9.17, 15) is 44.3 Å². The molecule has 18 heteroatoms. The minimum atomic E-state index is -5.08. The van der Waals surface area contributed by atoms with E-state index in [-0.39, 0.29) is 23.2 Å². The lowest BCUT2D eigenvalue weighted by molar-refractivity contribution is -0.192. The molecule has 0 saturated heterocycles. The number of hydrogen-bond acceptors (Lipinski definition) is 6. The summed E-state index contributed by atoms with van der Waals surface area (Å²) in [7, 11) is -0.904. The summed E-state index contributed by atoms with van der Waals surface area (Å²) < 4.78 is 96.4. The molecule has 0 aliphatic heterocycles. The Kier molecular flexibility index (Phi) is 14.0. The van der Waals surface area contributed by atoms with Crippen molar-refractivity contribution >= 4 is 39.5 Å². The van der Waals surface area contributed by atoms with Crippen LogP contribution in [0, 0.1) is 12.8 Å². The Morgan fingerprint density at radius 3 is 2.06 bits per heavy atom. The summed E-state index contributed by atoms with van der Waals surface area (Å²) in [5.41, 5.74) is 6.48. The highest BCUT2D eigenvalue weighted by Crippen LogP contribution is 2.30. The molecule has 1 saturated carbocycles. The molecule has 1 aliphatic carbocycles. The zero-order chi connectivity index (χ0) is 36.4. The fourth-order valence-electron chi connectivity index (χ4n) is 4.66. The molecule has 1 fully saturated rings. The van der Waals surface area contributed by atoms with Gasteiger partial charge in [-0.15, -0.1) is 0 Å². The van der Waals surface area contributed by atoms with E-state index in [4.69, 9.17) is 15.6 Å². The second-order valence-corrected chi connectivity index (χ2v) is 13.4. The molecule has 11 nitrogen and oxygen atoms in total. The highest BCUT2D eigenvalue weighted by Gasteiger charge is 2.38. The highest BCUT2D eigenvalue weighted by molar-refractivity contribution is 7.89.